The van der Waals surface area contributed by atoms with E-state index in [1.165, 1.54) is 6.92 Å². The van der Waals surface area contributed by atoms with Crippen molar-refractivity contribution >= 4 is 17.6 Å². The summed E-state index contributed by atoms with van der Waals surface area (Å²) in [6.45, 7) is 6.68. The van der Waals surface area contributed by atoms with Crippen molar-refractivity contribution in [1.82, 2.24) is 0 Å². The fraction of sp³-hybridized carbons (Fsp3) is 0.300. The molecule has 2 rings (SSSR count). The Kier molecular flexibility index (Phi) is 6.50. The Balaban J connectivity index is 1.90. The van der Waals surface area contributed by atoms with Gasteiger partial charge >= 0.3 is 5.97 Å². The number of ether oxygens (including phenoxy) is 2. The molecular weight excluding hydrogens is 356 g/mol. The highest BCUT2D eigenvalue weighted by Crippen LogP contribution is 2.24. The van der Waals surface area contributed by atoms with Crippen LogP contribution in [-0.4, -0.2) is 24.6 Å². The van der Waals surface area contributed by atoms with E-state index in [0.29, 0.717) is 11.8 Å². The third-order valence-electron chi connectivity index (χ3n) is 3.81. The van der Waals surface area contributed by atoms with Gasteiger partial charge in [-0.2, -0.15) is 0 Å². The third-order valence-corrected chi connectivity index (χ3v) is 3.81. The van der Waals surface area contributed by atoms with Gasteiger partial charge in [0.1, 0.15) is 17.4 Å². The monoisotopic (exact) mass is 377 g/mol. The van der Waals surface area contributed by atoms with Crippen molar-refractivity contribution in [3.05, 3.63) is 58.7 Å². The number of esters is 1. The molecular formula is C20H21F2NO4. The molecule has 2 aromatic rings. The molecule has 0 saturated carbocycles. The van der Waals surface area contributed by atoms with Crippen molar-refractivity contribution in [3.8, 4) is 5.75 Å². The summed E-state index contributed by atoms with van der Waals surface area (Å²) < 4.78 is 37.0. The molecule has 0 aromatic heterocycles. The van der Waals surface area contributed by atoms with Gasteiger partial charge in [-0.1, -0.05) is 17.7 Å². The summed E-state index contributed by atoms with van der Waals surface area (Å²) in [5.74, 6) is -2.57. The second-order valence-electron chi connectivity index (χ2n) is 6.26. The van der Waals surface area contributed by atoms with Crippen LogP contribution in [0.1, 0.15) is 23.6 Å². The van der Waals surface area contributed by atoms with Gasteiger partial charge in [0.05, 0.1) is 5.69 Å². The first kappa shape index (κ1) is 20.4. The van der Waals surface area contributed by atoms with Crippen LogP contribution < -0.4 is 10.1 Å². The maximum Gasteiger partial charge on any atom is 0.344 e. The molecule has 0 bridgehead atoms. The van der Waals surface area contributed by atoms with Crippen LogP contribution in [0.4, 0.5) is 14.5 Å². The van der Waals surface area contributed by atoms with E-state index in [-0.39, 0.29) is 12.3 Å². The quantitative estimate of drug-likeness (QED) is 0.777. The average Bonchev–Trinajstić information content (AvgIpc) is 2.56. The summed E-state index contributed by atoms with van der Waals surface area (Å²) in [5.41, 5.74) is 2.65. The van der Waals surface area contributed by atoms with E-state index in [0.717, 1.165) is 28.8 Å². The number of carbonyl (C=O) groups is 2. The van der Waals surface area contributed by atoms with Crippen molar-refractivity contribution in [3.63, 3.8) is 0 Å². The van der Waals surface area contributed by atoms with Crippen LogP contribution >= 0.6 is 0 Å². The zero-order valence-corrected chi connectivity index (χ0v) is 15.6. The summed E-state index contributed by atoms with van der Waals surface area (Å²) in [7, 11) is 0. The number of nitrogens with one attached hydrogen (secondary N) is 1. The Labute approximate surface area is 156 Å². The Morgan fingerprint density at radius 1 is 1.07 bits per heavy atom. The largest absolute Gasteiger partial charge is 0.481 e. The molecule has 0 saturated heterocycles. The topological polar surface area (TPSA) is 64.6 Å². The highest BCUT2D eigenvalue weighted by Gasteiger charge is 2.20. The molecule has 144 valence electrons. The van der Waals surface area contributed by atoms with Crippen LogP contribution in [-0.2, 0) is 14.3 Å². The number of hydrogen-bond acceptors (Lipinski definition) is 4. The van der Waals surface area contributed by atoms with E-state index in [1.807, 2.05) is 32.9 Å². The molecule has 0 fully saturated rings. The van der Waals surface area contributed by atoms with Crippen LogP contribution in [0, 0.1) is 32.4 Å². The minimum absolute atomic E-state index is 0.202. The Bertz CT molecular complexity index is 844. The Hall–Kier alpha value is -2.96. The lowest BCUT2D eigenvalue weighted by atomic mass is 10.1. The first-order valence-electron chi connectivity index (χ1n) is 8.33. The number of hydrogen-bond donors (Lipinski definition) is 1. The summed E-state index contributed by atoms with van der Waals surface area (Å²) >= 11 is 0. The number of halogens is 2. The van der Waals surface area contributed by atoms with Crippen molar-refractivity contribution in [2.45, 2.75) is 33.8 Å². The molecule has 5 nitrogen and oxygen atoms in total. The predicted octanol–water partition coefficient (Wildman–Crippen LogP) is 3.84. The van der Waals surface area contributed by atoms with Gasteiger partial charge in [-0.15, -0.1) is 0 Å². The summed E-state index contributed by atoms with van der Waals surface area (Å²) in [5, 5.41) is 2.24. The maximum absolute atomic E-state index is 13.6. The molecule has 1 amide bonds. The van der Waals surface area contributed by atoms with Crippen molar-refractivity contribution in [1.29, 1.82) is 0 Å². The minimum Gasteiger partial charge on any atom is -0.481 e. The number of amides is 1. The Morgan fingerprint density at radius 2 is 1.70 bits per heavy atom. The van der Waals surface area contributed by atoms with E-state index >= 15 is 0 Å². The molecule has 0 unspecified atom stereocenters. The van der Waals surface area contributed by atoms with Gasteiger partial charge in [0.25, 0.3) is 5.91 Å². The maximum atomic E-state index is 13.6. The Morgan fingerprint density at radius 3 is 2.30 bits per heavy atom. The van der Waals surface area contributed by atoms with E-state index in [1.54, 1.807) is 0 Å². The molecule has 1 atom stereocenters. The van der Waals surface area contributed by atoms with Crippen LogP contribution in [0.15, 0.2) is 30.3 Å². The molecule has 0 radical (unpaired) electrons. The summed E-state index contributed by atoms with van der Waals surface area (Å²) in [6, 6.07) is 6.60. The zero-order chi connectivity index (χ0) is 20.1. The molecule has 2 aromatic carbocycles. The molecule has 0 aliphatic rings. The van der Waals surface area contributed by atoms with Crippen LogP contribution in [0.2, 0.25) is 0 Å². The normalized spacial score (nSPS) is 11.6. The van der Waals surface area contributed by atoms with Crippen LogP contribution in [0.25, 0.3) is 0 Å². The van der Waals surface area contributed by atoms with E-state index in [9.17, 15) is 18.4 Å². The van der Waals surface area contributed by atoms with Gasteiger partial charge in [0, 0.05) is 6.07 Å². The van der Waals surface area contributed by atoms with Crippen molar-refractivity contribution < 1.29 is 27.8 Å². The molecule has 7 heteroatoms. The lowest BCUT2D eigenvalue weighted by Crippen LogP contribution is -2.32. The molecule has 0 spiro atoms. The first-order valence-corrected chi connectivity index (χ1v) is 8.33. The predicted molar refractivity (Wildman–Crippen MR) is 96.7 cm³/mol. The molecule has 0 heterocycles. The molecule has 0 aliphatic carbocycles. The number of carbonyl (C=O) groups excluding carboxylic acids is 2. The first-order chi connectivity index (χ1) is 12.7. The summed E-state index contributed by atoms with van der Waals surface area (Å²) in [4.78, 5) is 23.9. The fourth-order valence-corrected chi connectivity index (χ4v) is 2.64. The smallest absolute Gasteiger partial charge is 0.344 e. The third kappa shape index (κ3) is 5.51. The number of rotatable bonds is 6. The highest BCUT2D eigenvalue weighted by molar-refractivity contribution is 5.95. The molecule has 27 heavy (non-hydrogen) atoms. The highest BCUT2D eigenvalue weighted by atomic mass is 19.1. The van der Waals surface area contributed by atoms with E-state index in [4.69, 9.17) is 9.47 Å². The number of anilines is 1. The van der Waals surface area contributed by atoms with E-state index in [2.05, 4.69) is 5.32 Å². The second-order valence-corrected chi connectivity index (χ2v) is 6.26. The van der Waals surface area contributed by atoms with Gasteiger partial charge in [-0.25, -0.2) is 13.6 Å². The zero-order valence-electron chi connectivity index (χ0n) is 15.6. The molecule has 1 N–H and O–H groups in total. The SMILES string of the molecule is Cc1cc(C)c(OCC(=O)O[C@@H](C)C(=O)Nc2ccc(F)cc2F)c(C)c1. The van der Waals surface area contributed by atoms with Gasteiger partial charge in [0.2, 0.25) is 0 Å². The number of aryl methyl sites for hydroxylation is 3. The lowest BCUT2D eigenvalue weighted by molar-refractivity contribution is -0.155. The fourth-order valence-electron chi connectivity index (χ4n) is 2.64. The van der Waals surface area contributed by atoms with Gasteiger partial charge < -0.3 is 14.8 Å². The van der Waals surface area contributed by atoms with Crippen LogP contribution in [0.5, 0.6) is 5.75 Å². The summed E-state index contributed by atoms with van der Waals surface area (Å²) in [6.07, 6.45) is -1.18. The average molecular weight is 377 g/mol. The van der Waals surface area contributed by atoms with Crippen molar-refractivity contribution in [2.75, 3.05) is 11.9 Å². The van der Waals surface area contributed by atoms with Crippen molar-refractivity contribution in [2.24, 2.45) is 0 Å². The van der Waals surface area contributed by atoms with Gasteiger partial charge in [-0.3, -0.25) is 4.79 Å². The van der Waals surface area contributed by atoms with Gasteiger partial charge in [-0.05, 0) is 51.0 Å². The minimum atomic E-state index is -1.18. The lowest BCUT2D eigenvalue weighted by Gasteiger charge is -2.16. The number of benzene rings is 2. The standard InChI is InChI=1S/C20H21F2NO4/c1-11-7-12(2)19(13(3)8-11)26-10-18(24)27-14(4)20(25)23-17-6-5-15(21)9-16(17)22/h5-9,14H,10H2,1-4H3,(H,23,25)/t14-/m0/s1. The molecule has 0 aliphatic heterocycles. The van der Waals surface area contributed by atoms with Gasteiger partial charge in [0.15, 0.2) is 12.7 Å². The second kappa shape index (κ2) is 8.62. The van der Waals surface area contributed by atoms with Crippen LogP contribution in [0.3, 0.4) is 0 Å². The van der Waals surface area contributed by atoms with E-state index < -0.39 is 29.6 Å².